The van der Waals surface area contributed by atoms with E-state index in [0.29, 0.717) is 22.8 Å². The first kappa shape index (κ1) is 15.7. The first-order valence-electron chi connectivity index (χ1n) is 7.22. The number of hydrogen-bond acceptors (Lipinski definition) is 6. The number of rotatable bonds is 5. The van der Waals surface area contributed by atoms with Crippen LogP contribution in [0.1, 0.15) is 17.0 Å². The van der Waals surface area contributed by atoms with E-state index in [1.54, 1.807) is 37.3 Å². The van der Waals surface area contributed by atoms with Gasteiger partial charge in [-0.15, -0.1) is 0 Å². The van der Waals surface area contributed by atoms with Crippen molar-refractivity contribution in [3.63, 3.8) is 0 Å². The van der Waals surface area contributed by atoms with Crippen LogP contribution in [0.5, 0.6) is 5.75 Å². The van der Waals surface area contributed by atoms with Gasteiger partial charge in [-0.2, -0.15) is 0 Å². The summed E-state index contributed by atoms with van der Waals surface area (Å²) in [4.78, 5) is 38.4. The fourth-order valence-corrected chi connectivity index (χ4v) is 2.43. The molecule has 1 saturated heterocycles. The van der Waals surface area contributed by atoms with Gasteiger partial charge in [0, 0.05) is 6.07 Å². The predicted molar refractivity (Wildman–Crippen MR) is 80.7 cm³/mol. The molecule has 1 fully saturated rings. The highest BCUT2D eigenvalue weighted by atomic mass is 16.5. The first-order valence-corrected chi connectivity index (χ1v) is 7.22. The lowest BCUT2D eigenvalue weighted by molar-refractivity contribution is -0.143. The molecule has 1 aliphatic rings. The van der Waals surface area contributed by atoms with Crippen molar-refractivity contribution in [3.8, 4) is 5.75 Å². The van der Waals surface area contributed by atoms with Crippen molar-refractivity contribution in [1.29, 1.82) is 0 Å². The minimum atomic E-state index is -0.878. The van der Waals surface area contributed by atoms with E-state index in [1.807, 2.05) is 0 Å². The Labute approximate surface area is 137 Å². The molecule has 4 amide bonds. The summed E-state index contributed by atoms with van der Waals surface area (Å²) < 4.78 is 10.1. The van der Waals surface area contributed by atoms with Gasteiger partial charge in [0.1, 0.15) is 5.75 Å². The van der Waals surface area contributed by atoms with Crippen molar-refractivity contribution in [2.75, 3.05) is 7.11 Å². The van der Waals surface area contributed by atoms with Gasteiger partial charge in [-0.05, 0) is 24.6 Å². The highest BCUT2D eigenvalue weighted by molar-refractivity contribution is 6.44. The van der Waals surface area contributed by atoms with Crippen LogP contribution in [0.25, 0.3) is 0 Å². The minimum Gasteiger partial charge on any atom is -0.497 e. The van der Waals surface area contributed by atoms with Crippen molar-refractivity contribution in [2.45, 2.75) is 20.0 Å². The summed E-state index contributed by atoms with van der Waals surface area (Å²) in [5.74, 6) is -0.798. The standard InChI is InChI=1S/C16H15N3O5/c1-10-6-13(24-17-10)9-19-15(21)14(20)18(16(19)22)8-11-4-3-5-12(7-11)23-2/h3-7H,8-9H2,1-2H3. The third-order valence-corrected chi connectivity index (χ3v) is 3.60. The summed E-state index contributed by atoms with van der Waals surface area (Å²) in [7, 11) is 1.52. The third-order valence-electron chi connectivity index (χ3n) is 3.60. The number of imide groups is 2. The molecule has 1 aromatic carbocycles. The Morgan fingerprint density at radius 1 is 1.08 bits per heavy atom. The Balaban J connectivity index is 1.78. The van der Waals surface area contributed by atoms with Gasteiger partial charge in [0.05, 0.1) is 25.9 Å². The van der Waals surface area contributed by atoms with Gasteiger partial charge in [-0.3, -0.25) is 14.5 Å². The molecular weight excluding hydrogens is 314 g/mol. The van der Waals surface area contributed by atoms with Crippen LogP contribution in [0.15, 0.2) is 34.9 Å². The molecule has 0 unspecified atom stereocenters. The van der Waals surface area contributed by atoms with E-state index < -0.39 is 17.8 Å². The number of nitrogens with zero attached hydrogens (tertiary/aromatic N) is 3. The van der Waals surface area contributed by atoms with E-state index in [4.69, 9.17) is 9.26 Å². The maximum Gasteiger partial charge on any atom is 0.334 e. The number of aromatic nitrogens is 1. The molecule has 8 heteroatoms. The van der Waals surface area contributed by atoms with Crippen molar-refractivity contribution in [1.82, 2.24) is 15.0 Å². The summed E-state index contributed by atoms with van der Waals surface area (Å²) in [5, 5.41) is 3.70. The highest BCUT2D eigenvalue weighted by Gasteiger charge is 2.44. The molecule has 0 atom stereocenters. The minimum absolute atomic E-state index is 0.00740. The fraction of sp³-hybridized carbons (Fsp3) is 0.250. The number of amides is 4. The molecule has 124 valence electrons. The van der Waals surface area contributed by atoms with Crippen LogP contribution in [-0.4, -0.2) is 39.9 Å². The number of ether oxygens (including phenoxy) is 1. The second-order valence-electron chi connectivity index (χ2n) is 5.35. The van der Waals surface area contributed by atoms with Gasteiger partial charge in [0.2, 0.25) is 0 Å². The van der Waals surface area contributed by atoms with E-state index in [1.165, 1.54) is 7.11 Å². The van der Waals surface area contributed by atoms with Crippen LogP contribution in [0.4, 0.5) is 4.79 Å². The van der Waals surface area contributed by atoms with Gasteiger partial charge >= 0.3 is 17.8 Å². The largest absolute Gasteiger partial charge is 0.497 e. The first-order chi connectivity index (χ1) is 11.5. The summed E-state index contributed by atoms with van der Waals surface area (Å²) >= 11 is 0. The Kier molecular flexibility index (Phi) is 4.03. The Hall–Kier alpha value is -3.16. The zero-order valence-electron chi connectivity index (χ0n) is 13.2. The summed E-state index contributed by atoms with van der Waals surface area (Å²) in [6.07, 6.45) is 0. The molecule has 0 spiro atoms. The Bertz CT molecular complexity index is 814. The quantitative estimate of drug-likeness (QED) is 0.609. The zero-order valence-corrected chi connectivity index (χ0v) is 13.2. The lowest BCUT2D eigenvalue weighted by Crippen LogP contribution is -2.32. The lowest BCUT2D eigenvalue weighted by Gasteiger charge is -2.15. The molecule has 0 aliphatic carbocycles. The second-order valence-corrected chi connectivity index (χ2v) is 5.35. The van der Waals surface area contributed by atoms with Crippen molar-refractivity contribution in [2.24, 2.45) is 0 Å². The molecule has 0 bridgehead atoms. The number of methoxy groups -OCH3 is 1. The van der Waals surface area contributed by atoms with Gasteiger partial charge in [0.15, 0.2) is 5.76 Å². The number of aryl methyl sites for hydroxylation is 1. The molecule has 8 nitrogen and oxygen atoms in total. The van der Waals surface area contributed by atoms with Crippen LogP contribution in [0, 0.1) is 6.92 Å². The monoisotopic (exact) mass is 329 g/mol. The molecule has 1 aromatic heterocycles. The summed E-state index contributed by atoms with van der Waals surface area (Å²) in [6.45, 7) is 1.59. The lowest BCUT2D eigenvalue weighted by atomic mass is 10.2. The van der Waals surface area contributed by atoms with E-state index >= 15 is 0 Å². The van der Waals surface area contributed by atoms with Crippen LogP contribution in [0.2, 0.25) is 0 Å². The smallest absolute Gasteiger partial charge is 0.334 e. The number of urea groups is 1. The van der Waals surface area contributed by atoms with Crippen molar-refractivity contribution >= 4 is 17.8 Å². The number of carbonyl (C=O) groups excluding carboxylic acids is 3. The van der Waals surface area contributed by atoms with Gasteiger partial charge in [-0.1, -0.05) is 17.3 Å². The van der Waals surface area contributed by atoms with Crippen LogP contribution in [-0.2, 0) is 22.7 Å². The number of hydrogen-bond donors (Lipinski definition) is 0. The van der Waals surface area contributed by atoms with E-state index in [2.05, 4.69) is 5.16 Å². The normalized spacial score (nSPS) is 14.7. The molecule has 24 heavy (non-hydrogen) atoms. The molecule has 2 heterocycles. The second kappa shape index (κ2) is 6.15. The van der Waals surface area contributed by atoms with E-state index in [-0.39, 0.29) is 13.1 Å². The maximum atomic E-state index is 12.4. The average molecular weight is 329 g/mol. The molecule has 0 saturated carbocycles. The van der Waals surface area contributed by atoms with Crippen LogP contribution < -0.4 is 4.74 Å². The van der Waals surface area contributed by atoms with Crippen molar-refractivity contribution in [3.05, 3.63) is 47.3 Å². The number of benzene rings is 1. The Morgan fingerprint density at radius 2 is 1.79 bits per heavy atom. The molecule has 2 aromatic rings. The summed E-state index contributed by atoms with van der Waals surface area (Å²) in [6, 6.07) is 7.87. The predicted octanol–water partition coefficient (Wildman–Crippen LogP) is 1.48. The zero-order chi connectivity index (χ0) is 17.3. The van der Waals surface area contributed by atoms with E-state index in [0.717, 1.165) is 9.80 Å². The summed E-state index contributed by atoms with van der Waals surface area (Å²) in [5.41, 5.74) is 1.31. The van der Waals surface area contributed by atoms with Crippen LogP contribution in [0.3, 0.4) is 0 Å². The maximum absolute atomic E-state index is 12.4. The highest BCUT2D eigenvalue weighted by Crippen LogP contribution is 2.20. The fourth-order valence-electron chi connectivity index (χ4n) is 2.43. The van der Waals surface area contributed by atoms with E-state index in [9.17, 15) is 14.4 Å². The molecular formula is C16H15N3O5. The van der Waals surface area contributed by atoms with Crippen LogP contribution >= 0.6 is 0 Å². The van der Waals surface area contributed by atoms with Gasteiger partial charge < -0.3 is 9.26 Å². The molecule has 1 aliphatic heterocycles. The third kappa shape index (κ3) is 2.85. The topological polar surface area (TPSA) is 92.9 Å². The Morgan fingerprint density at radius 3 is 2.42 bits per heavy atom. The molecule has 0 N–H and O–H groups in total. The average Bonchev–Trinajstić information content (AvgIpc) is 3.08. The SMILES string of the molecule is COc1cccc(CN2C(=O)C(=O)N(Cc3cc(C)no3)C2=O)c1. The molecule has 3 rings (SSSR count). The van der Waals surface area contributed by atoms with Crippen molar-refractivity contribution < 1.29 is 23.6 Å². The number of carbonyl (C=O) groups is 3. The van der Waals surface area contributed by atoms with Gasteiger partial charge in [0.25, 0.3) is 0 Å². The van der Waals surface area contributed by atoms with Gasteiger partial charge in [-0.25, -0.2) is 9.69 Å². The molecule has 0 radical (unpaired) electrons.